The van der Waals surface area contributed by atoms with E-state index in [0.29, 0.717) is 31.5 Å². The molecule has 1 aliphatic heterocycles. The van der Waals surface area contributed by atoms with Crippen molar-refractivity contribution in [2.24, 2.45) is 10.9 Å². The predicted molar refractivity (Wildman–Crippen MR) is 83.8 cm³/mol. The summed E-state index contributed by atoms with van der Waals surface area (Å²) in [6, 6.07) is 3.53. The van der Waals surface area contributed by atoms with E-state index in [2.05, 4.69) is 10.1 Å². The van der Waals surface area contributed by atoms with Gasteiger partial charge in [0.2, 0.25) is 0 Å². The maximum atomic E-state index is 12.5. The molecule has 2 heterocycles. The Hall–Kier alpha value is -1.76. The second-order valence-electron chi connectivity index (χ2n) is 5.16. The summed E-state index contributed by atoms with van der Waals surface area (Å²) in [5, 5.41) is 12.1. The van der Waals surface area contributed by atoms with Crippen LogP contribution in [-0.2, 0) is 0 Å². The quantitative estimate of drug-likeness (QED) is 0.382. The van der Waals surface area contributed by atoms with Crippen molar-refractivity contribution in [1.29, 1.82) is 0 Å². The Bertz CT molecular complexity index is 554. The second-order valence-corrected chi connectivity index (χ2v) is 6.35. The van der Waals surface area contributed by atoms with E-state index in [1.165, 1.54) is 0 Å². The molecule has 0 aromatic carbocycles. The van der Waals surface area contributed by atoms with Gasteiger partial charge in [0.1, 0.15) is 0 Å². The van der Waals surface area contributed by atoms with Crippen LogP contribution in [0.25, 0.3) is 0 Å². The Morgan fingerprint density at radius 2 is 2.19 bits per heavy atom. The third-order valence-corrected chi connectivity index (χ3v) is 5.37. The third kappa shape index (κ3) is 3.12. The number of likely N-dealkylation sites (tertiary alicyclic amines) is 1. The van der Waals surface area contributed by atoms with Crippen molar-refractivity contribution in [3.63, 3.8) is 0 Å². The van der Waals surface area contributed by atoms with Crippen molar-refractivity contribution in [3.8, 4) is 0 Å². The molecule has 6 nitrogen and oxygen atoms in total. The van der Waals surface area contributed by atoms with Crippen LogP contribution in [0.15, 0.2) is 23.5 Å². The van der Waals surface area contributed by atoms with Gasteiger partial charge in [-0.3, -0.25) is 9.78 Å². The topological polar surface area (TPSA) is 91.8 Å². The van der Waals surface area contributed by atoms with Crippen molar-refractivity contribution in [2.45, 2.75) is 24.5 Å². The minimum absolute atomic E-state index is 0.00899. The van der Waals surface area contributed by atoms with E-state index in [-0.39, 0.29) is 16.5 Å². The Labute approximate surface area is 128 Å². The molecule has 0 radical (unpaired) electrons. The van der Waals surface area contributed by atoms with Crippen LogP contribution in [-0.4, -0.2) is 50.9 Å². The van der Waals surface area contributed by atoms with Gasteiger partial charge in [0.05, 0.1) is 4.75 Å². The number of nitrogens with zero attached hydrogens (tertiary/aromatic N) is 3. The number of hydrogen-bond donors (Lipinski definition) is 2. The molecule has 2 rings (SSSR count). The molecule has 1 saturated heterocycles. The first-order valence-electron chi connectivity index (χ1n) is 6.77. The standard InChI is InChI=1S/C14H20N4O2S/c1-10-9-11(3-6-16-10)12(19)18-7-4-14(21-2,5-8-18)13(15)17-20/h3,6,9,20H,4-5,7-8H2,1-2H3,(H2,15,17). The molecule has 1 aromatic rings. The molecule has 0 spiro atoms. The summed E-state index contributed by atoms with van der Waals surface area (Å²) in [5.74, 6) is 0.247. The summed E-state index contributed by atoms with van der Waals surface area (Å²) in [6.45, 7) is 3.05. The number of pyridine rings is 1. The van der Waals surface area contributed by atoms with Gasteiger partial charge in [0.25, 0.3) is 5.91 Å². The van der Waals surface area contributed by atoms with Gasteiger partial charge in [0, 0.05) is 30.5 Å². The Morgan fingerprint density at radius 3 is 2.71 bits per heavy atom. The lowest BCUT2D eigenvalue weighted by molar-refractivity contribution is 0.0717. The van der Waals surface area contributed by atoms with Gasteiger partial charge in [-0.25, -0.2) is 0 Å². The summed E-state index contributed by atoms with van der Waals surface area (Å²) in [5.41, 5.74) is 7.30. The Morgan fingerprint density at radius 1 is 1.52 bits per heavy atom. The van der Waals surface area contributed by atoms with E-state index < -0.39 is 0 Å². The van der Waals surface area contributed by atoms with Gasteiger partial charge in [-0.2, -0.15) is 11.8 Å². The maximum absolute atomic E-state index is 12.5. The highest BCUT2D eigenvalue weighted by Gasteiger charge is 2.39. The molecule has 21 heavy (non-hydrogen) atoms. The highest BCUT2D eigenvalue weighted by Crippen LogP contribution is 2.35. The summed E-state index contributed by atoms with van der Waals surface area (Å²) < 4.78 is -0.375. The molecule has 0 saturated carbocycles. The zero-order chi connectivity index (χ0) is 15.5. The molecule has 0 aliphatic carbocycles. The lowest BCUT2D eigenvalue weighted by Gasteiger charge is -2.39. The van der Waals surface area contributed by atoms with Gasteiger partial charge in [-0.1, -0.05) is 5.16 Å². The van der Waals surface area contributed by atoms with Crippen LogP contribution < -0.4 is 5.73 Å². The number of carbonyl (C=O) groups excluding carboxylic acids is 1. The monoisotopic (exact) mass is 308 g/mol. The minimum Gasteiger partial charge on any atom is -0.409 e. The molecule has 0 unspecified atom stereocenters. The molecule has 1 aliphatic rings. The van der Waals surface area contributed by atoms with Crippen LogP contribution in [0.1, 0.15) is 28.9 Å². The average Bonchev–Trinajstić information content (AvgIpc) is 2.53. The smallest absolute Gasteiger partial charge is 0.253 e. The predicted octanol–water partition coefficient (Wildman–Crippen LogP) is 1.47. The van der Waals surface area contributed by atoms with Gasteiger partial charge in [0.15, 0.2) is 5.84 Å². The number of nitrogens with two attached hydrogens (primary N) is 1. The van der Waals surface area contributed by atoms with Gasteiger partial charge < -0.3 is 15.8 Å². The van der Waals surface area contributed by atoms with Crippen molar-refractivity contribution < 1.29 is 10.0 Å². The molecular formula is C14H20N4O2S. The zero-order valence-electron chi connectivity index (χ0n) is 12.2. The first kappa shape index (κ1) is 15.6. The van der Waals surface area contributed by atoms with Crippen molar-refractivity contribution in [2.75, 3.05) is 19.3 Å². The van der Waals surface area contributed by atoms with E-state index in [9.17, 15) is 4.79 Å². The number of aryl methyl sites for hydroxylation is 1. The fourth-order valence-electron chi connectivity index (χ4n) is 2.59. The van der Waals surface area contributed by atoms with Crippen LogP contribution in [0.2, 0.25) is 0 Å². The number of rotatable bonds is 3. The largest absolute Gasteiger partial charge is 0.409 e. The number of hydrogen-bond acceptors (Lipinski definition) is 5. The van der Waals surface area contributed by atoms with Crippen molar-refractivity contribution in [1.82, 2.24) is 9.88 Å². The average molecular weight is 308 g/mol. The van der Waals surface area contributed by atoms with Crippen LogP contribution in [0.3, 0.4) is 0 Å². The highest BCUT2D eigenvalue weighted by atomic mass is 32.2. The van der Waals surface area contributed by atoms with Crippen molar-refractivity contribution >= 4 is 23.5 Å². The summed E-state index contributed by atoms with van der Waals surface area (Å²) >= 11 is 1.57. The molecule has 1 aromatic heterocycles. The van der Waals surface area contributed by atoms with Crippen molar-refractivity contribution in [3.05, 3.63) is 29.6 Å². The van der Waals surface area contributed by atoms with E-state index in [1.54, 1.807) is 30.1 Å². The third-order valence-electron chi connectivity index (χ3n) is 3.97. The lowest BCUT2D eigenvalue weighted by atomic mass is 9.94. The molecule has 7 heteroatoms. The minimum atomic E-state index is -0.375. The molecule has 3 N–H and O–H groups in total. The highest BCUT2D eigenvalue weighted by molar-refractivity contribution is 8.00. The van der Waals surface area contributed by atoms with Crippen LogP contribution in [0.5, 0.6) is 0 Å². The fraction of sp³-hybridized carbons (Fsp3) is 0.500. The number of piperidine rings is 1. The van der Waals surface area contributed by atoms with E-state index in [0.717, 1.165) is 5.69 Å². The zero-order valence-corrected chi connectivity index (χ0v) is 13.1. The first-order chi connectivity index (χ1) is 10.0. The fourth-order valence-corrected chi connectivity index (χ4v) is 3.43. The molecule has 1 fully saturated rings. The van der Waals surface area contributed by atoms with E-state index in [4.69, 9.17) is 10.9 Å². The summed E-state index contributed by atoms with van der Waals surface area (Å²) in [6.07, 6.45) is 4.95. The van der Waals surface area contributed by atoms with Crippen LogP contribution >= 0.6 is 11.8 Å². The number of amides is 1. The van der Waals surface area contributed by atoms with Gasteiger partial charge in [-0.15, -0.1) is 0 Å². The van der Waals surface area contributed by atoms with Gasteiger partial charge >= 0.3 is 0 Å². The number of aromatic nitrogens is 1. The molecule has 0 bridgehead atoms. The molecular weight excluding hydrogens is 288 g/mol. The SMILES string of the molecule is CSC1(/C(N)=N/O)CCN(C(=O)c2ccnc(C)c2)CC1. The van der Waals surface area contributed by atoms with Gasteiger partial charge in [-0.05, 0) is 38.2 Å². The van der Waals surface area contributed by atoms with Crippen LogP contribution in [0, 0.1) is 6.92 Å². The second kappa shape index (κ2) is 6.34. The number of thioether (sulfide) groups is 1. The van der Waals surface area contributed by atoms with E-state index >= 15 is 0 Å². The summed E-state index contributed by atoms with van der Waals surface area (Å²) in [4.78, 5) is 18.4. The maximum Gasteiger partial charge on any atom is 0.253 e. The van der Waals surface area contributed by atoms with Crippen LogP contribution in [0.4, 0.5) is 0 Å². The lowest BCUT2D eigenvalue weighted by Crippen LogP contribution is -2.51. The van der Waals surface area contributed by atoms with E-state index in [1.807, 2.05) is 18.1 Å². The normalized spacial score (nSPS) is 18.6. The Balaban J connectivity index is 2.09. The first-order valence-corrected chi connectivity index (χ1v) is 8.00. The molecule has 114 valence electrons. The number of oxime groups is 1. The Kier molecular flexibility index (Phi) is 4.72. The number of amidine groups is 1. The number of carbonyl (C=O) groups is 1. The molecule has 1 amide bonds. The summed E-state index contributed by atoms with van der Waals surface area (Å²) in [7, 11) is 0. The molecule has 0 atom stereocenters.